The summed E-state index contributed by atoms with van der Waals surface area (Å²) in [5.74, 6) is 0.700. The third-order valence-electron chi connectivity index (χ3n) is 3.31. The van der Waals surface area contributed by atoms with E-state index in [0.29, 0.717) is 38.7 Å². The molecule has 0 spiro atoms. The minimum Gasteiger partial charge on any atom is -0.481 e. The molecule has 1 aliphatic rings. The van der Waals surface area contributed by atoms with Gasteiger partial charge in [-0.1, -0.05) is 0 Å². The van der Waals surface area contributed by atoms with Crippen molar-refractivity contribution in [2.45, 2.75) is 19.5 Å². The number of methoxy groups -OCH3 is 1. The molecule has 1 unspecified atom stereocenters. The van der Waals surface area contributed by atoms with Crippen LogP contribution in [0, 0.1) is 0 Å². The maximum absolute atomic E-state index is 12.2. The van der Waals surface area contributed by atoms with Crippen molar-refractivity contribution in [1.82, 2.24) is 15.2 Å². The van der Waals surface area contributed by atoms with Crippen molar-refractivity contribution in [3.8, 4) is 5.88 Å². The molecule has 1 N–H and O–H groups in total. The van der Waals surface area contributed by atoms with Crippen LogP contribution in [-0.2, 0) is 16.1 Å². The minimum atomic E-state index is -0.215. The van der Waals surface area contributed by atoms with E-state index in [0.717, 1.165) is 5.56 Å². The van der Waals surface area contributed by atoms with E-state index in [1.807, 2.05) is 24.0 Å². The molecule has 6 nitrogen and oxygen atoms in total. The monoisotopic (exact) mass is 279 g/mol. The highest BCUT2D eigenvalue weighted by molar-refractivity contribution is 5.81. The largest absolute Gasteiger partial charge is 0.481 e. The molecule has 0 aliphatic carbocycles. The topological polar surface area (TPSA) is 63.7 Å². The van der Waals surface area contributed by atoms with E-state index in [2.05, 4.69) is 10.3 Å². The van der Waals surface area contributed by atoms with Crippen LogP contribution in [0.15, 0.2) is 18.3 Å². The van der Waals surface area contributed by atoms with Crippen LogP contribution in [0.3, 0.4) is 0 Å². The van der Waals surface area contributed by atoms with Crippen LogP contribution in [0.1, 0.15) is 12.5 Å². The Balaban J connectivity index is 1.84. The van der Waals surface area contributed by atoms with Crippen molar-refractivity contribution >= 4 is 5.91 Å². The molecule has 1 aliphatic heterocycles. The van der Waals surface area contributed by atoms with Crippen LogP contribution >= 0.6 is 0 Å². The van der Waals surface area contributed by atoms with Crippen LogP contribution in [0.4, 0.5) is 0 Å². The fourth-order valence-electron chi connectivity index (χ4n) is 2.09. The van der Waals surface area contributed by atoms with E-state index >= 15 is 0 Å². The Morgan fingerprint density at radius 2 is 2.30 bits per heavy atom. The summed E-state index contributed by atoms with van der Waals surface area (Å²) in [6.07, 6.45) is 1.70. The molecule has 0 aromatic carbocycles. The molecule has 0 saturated carbocycles. The first-order valence-electron chi connectivity index (χ1n) is 6.79. The van der Waals surface area contributed by atoms with Crippen LogP contribution in [0.25, 0.3) is 0 Å². The fourth-order valence-corrected chi connectivity index (χ4v) is 2.09. The van der Waals surface area contributed by atoms with Gasteiger partial charge in [-0.3, -0.25) is 4.79 Å². The highest BCUT2D eigenvalue weighted by Crippen LogP contribution is 2.09. The van der Waals surface area contributed by atoms with Gasteiger partial charge in [-0.2, -0.15) is 0 Å². The smallest absolute Gasteiger partial charge is 0.239 e. The Kier molecular flexibility index (Phi) is 5.31. The number of aromatic nitrogens is 1. The number of pyridine rings is 1. The summed E-state index contributed by atoms with van der Waals surface area (Å²) in [4.78, 5) is 18.1. The average Bonchev–Trinajstić information content (AvgIpc) is 2.53. The molecular weight excluding hydrogens is 258 g/mol. The van der Waals surface area contributed by atoms with Crippen molar-refractivity contribution in [2.24, 2.45) is 0 Å². The maximum Gasteiger partial charge on any atom is 0.239 e. The third kappa shape index (κ3) is 3.91. The Labute approximate surface area is 119 Å². The predicted octanol–water partition coefficient (Wildman–Crippen LogP) is 0.427. The fraction of sp³-hybridized carbons (Fsp3) is 0.571. The van der Waals surface area contributed by atoms with Gasteiger partial charge in [-0.25, -0.2) is 4.98 Å². The van der Waals surface area contributed by atoms with Crippen LogP contribution < -0.4 is 10.1 Å². The van der Waals surface area contributed by atoms with Crippen LogP contribution in [0.2, 0.25) is 0 Å². The van der Waals surface area contributed by atoms with Gasteiger partial charge in [-0.05, 0) is 18.6 Å². The van der Waals surface area contributed by atoms with E-state index in [4.69, 9.17) is 9.47 Å². The second kappa shape index (κ2) is 7.21. The van der Waals surface area contributed by atoms with Gasteiger partial charge in [0.25, 0.3) is 0 Å². The lowest BCUT2D eigenvalue weighted by atomic mass is 10.2. The summed E-state index contributed by atoms with van der Waals surface area (Å²) in [6.45, 7) is 5.09. The lowest BCUT2D eigenvalue weighted by Crippen LogP contribution is -2.49. The van der Waals surface area contributed by atoms with Crippen molar-refractivity contribution in [1.29, 1.82) is 0 Å². The van der Waals surface area contributed by atoms with Gasteiger partial charge >= 0.3 is 0 Å². The summed E-state index contributed by atoms with van der Waals surface area (Å²) in [7, 11) is 1.59. The lowest BCUT2D eigenvalue weighted by molar-refractivity contribution is -0.137. The quantitative estimate of drug-likeness (QED) is 0.846. The number of hydrogen-bond acceptors (Lipinski definition) is 5. The first-order chi connectivity index (χ1) is 9.70. The number of amides is 1. The van der Waals surface area contributed by atoms with Crippen molar-refractivity contribution in [2.75, 3.05) is 33.4 Å². The number of nitrogens with one attached hydrogen (secondary N) is 1. The SMILES string of the molecule is COc1cc(CNC(C)C(=O)N2CCOCC2)ccn1. The Bertz CT molecular complexity index is 447. The predicted molar refractivity (Wildman–Crippen MR) is 74.5 cm³/mol. The molecule has 1 fully saturated rings. The van der Waals surface area contributed by atoms with E-state index < -0.39 is 0 Å². The van der Waals surface area contributed by atoms with Gasteiger partial charge < -0.3 is 19.7 Å². The normalized spacial score (nSPS) is 16.8. The van der Waals surface area contributed by atoms with E-state index in [1.165, 1.54) is 0 Å². The molecule has 1 aromatic heterocycles. The summed E-state index contributed by atoms with van der Waals surface area (Å²) in [5.41, 5.74) is 1.04. The number of carbonyl (C=O) groups is 1. The molecule has 1 saturated heterocycles. The molecule has 1 atom stereocenters. The molecule has 0 radical (unpaired) electrons. The summed E-state index contributed by atoms with van der Waals surface area (Å²) in [6, 6.07) is 3.55. The molecule has 0 bridgehead atoms. The second-order valence-corrected chi connectivity index (χ2v) is 4.75. The first kappa shape index (κ1) is 14.7. The maximum atomic E-state index is 12.2. The van der Waals surface area contributed by atoms with Gasteiger partial charge in [0.2, 0.25) is 11.8 Å². The highest BCUT2D eigenvalue weighted by Gasteiger charge is 2.21. The Morgan fingerprint density at radius 1 is 1.55 bits per heavy atom. The van der Waals surface area contributed by atoms with Crippen LogP contribution in [-0.4, -0.2) is 55.2 Å². The zero-order valence-corrected chi connectivity index (χ0v) is 12.0. The highest BCUT2D eigenvalue weighted by atomic mass is 16.5. The zero-order chi connectivity index (χ0) is 14.4. The molecule has 110 valence electrons. The summed E-state index contributed by atoms with van der Waals surface area (Å²) < 4.78 is 10.3. The van der Waals surface area contributed by atoms with Crippen molar-refractivity contribution in [3.05, 3.63) is 23.9 Å². The number of ether oxygens (including phenoxy) is 2. The molecule has 2 rings (SSSR count). The minimum absolute atomic E-state index is 0.120. The molecule has 20 heavy (non-hydrogen) atoms. The number of rotatable bonds is 5. The Hall–Kier alpha value is -1.66. The van der Waals surface area contributed by atoms with Gasteiger partial charge in [0.15, 0.2) is 0 Å². The van der Waals surface area contributed by atoms with Gasteiger partial charge in [-0.15, -0.1) is 0 Å². The van der Waals surface area contributed by atoms with Crippen molar-refractivity contribution in [3.63, 3.8) is 0 Å². The molecule has 6 heteroatoms. The van der Waals surface area contributed by atoms with Gasteiger partial charge in [0.1, 0.15) is 0 Å². The molecular formula is C14H21N3O3. The molecule has 2 heterocycles. The van der Waals surface area contributed by atoms with Crippen molar-refractivity contribution < 1.29 is 14.3 Å². The number of nitrogens with zero attached hydrogens (tertiary/aromatic N) is 2. The van der Waals surface area contributed by atoms with E-state index in [1.54, 1.807) is 13.3 Å². The standard InChI is InChI=1S/C14H21N3O3/c1-11(14(18)17-5-7-20-8-6-17)16-10-12-3-4-15-13(9-12)19-2/h3-4,9,11,16H,5-8,10H2,1-2H3. The van der Waals surface area contributed by atoms with Crippen LogP contribution in [0.5, 0.6) is 5.88 Å². The molecule has 1 amide bonds. The third-order valence-corrected chi connectivity index (χ3v) is 3.31. The lowest BCUT2D eigenvalue weighted by Gasteiger charge is -2.29. The van der Waals surface area contributed by atoms with E-state index in [-0.39, 0.29) is 11.9 Å². The first-order valence-corrected chi connectivity index (χ1v) is 6.79. The number of hydrogen-bond donors (Lipinski definition) is 1. The molecule has 1 aromatic rings. The van der Waals surface area contributed by atoms with Gasteiger partial charge in [0.05, 0.1) is 26.4 Å². The summed E-state index contributed by atoms with van der Waals surface area (Å²) in [5, 5.41) is 3.23. The summed E-state index contributed by atoms with van der Waals surface area (Å²) >= 11 is 0. The number of morpholine rings is 1. The average molecular weight is 279 g/mol. The van der Waals surface area contributed by atoms with E-state index in [9.17, 15) is 4.79 Å². The number of carbonyl (C=O) groups excluding carboxylic acids is 1. The second-order valence-electron chi connectivity index (χ2n) is 4.75. The van der Waals surface area contributed by atoms with Gasteiger partial charge in [0, 0.05) is 31.9 Å². The Morgan fingerprint density at radius 3 is 3.00 bits per heavy atom. The zero-order valence-electron chi connectivity index (χ0n) is 12.0.